The molecule has 16 heavy (non-hydrogen) atoms. The Bertz CT molecular complexity index is 534. The molecule has 0 fully saturated rings. The molecule has 86 valence electrons. The molecule has 0 radical (unpaired) electrons. The SMILES string of the molecule is CCC(C#N)S(=O)(=O)c1cc(Cl)ccc1Cl. The molecular formula is C10H9Cl2NO2S. The zero-order valence-corrected chi connectivity index (χ0v) is 10.8. The average Bonchev–Trinajstić information content (AvgIpc) is 2.23. The van der Waals surface area contributed by atoms with Crippen LogP contribution >= 0.6 is 23.2 Å². The van der Waals surface area contributed by atoms with Crippen molar-refractivity contribution >= 4 is 33.0 Å². The maximum atomic E-state index is 12.0. The van der Waals surface area contributed by atoms with Crippen LogP contribution in [0.25, 0.3) is 0 Å². The Morgan fingerprint density at radius 2 is 2.06 bits per heavy atom. The lowest BCUT2D eigenvalue weighted by atomic mass is 10.3. The molecule has 0 aliphatic rings. The largest absolute Gasteiger partial charge is 0.222 e. The predicted octanol–water partition coefficient (Wildman–Crippen LogP) is 3.07. The number of nitrogens with zero attached hydrogens (tertiary/aromatic N) is 1. The third kappa shape index (κ3) is 2.49. The van der Waals surface area contributed by atoms with Crippen molar-refractivity contribution in [3.63, 3.8) is 0 Å². The predicted molar refractivity (Wildman–Crippen MR) is 63.3 cm³/mol. The molecule has 0 aliphatic heterocycles. The molecule has 0 saturated heterocycles. The molecular weight excluding hydrogens is 269 g/mol. The minimum atomic E-state index is -3.73. The Kier molecular flexibility index (Phi) is 4.20. The van der Waals surface area contributed by atoms with E-state index in [1.54, 1.807) is 13.0 Å². The van der Waals surface area contributed by atoms with Crippen LogP contribution in [0.1, 0.15) is 13.3 Å². The number of rotatable bonds is 3. The van der Waals surface area contributed by atoms with Crippen molar-refractivity contribution < 1.29 is 8.42 Å². The monoisotopic (exact) mass is 277 g/mol. The van der Waals surface area contributed by atoms with Gasteiger partial charge in [-0.25, -0.2) is 8.42 Å². The van der Waals surface area contributed by atoms with Gasteiger partial charge < -0.3 is 0 Å². The van der Waals surface area contributed by atoms with Crippen LogP contribution in [0.3, 0.4) is 0 Å². The summed E-state index contributed by atoms with van der Waals surface area (Å²) in [5.74, 6) is 0. The van der Waals surface area contributed by atoms with Crippen molar-refractivity contribution in [1.29, 1.82) is 5.26 Å². The highest BCUT2D eigenvalue weighted by molar-refractivity contribution is 7.92. The summed E-state index contributed by atoms with van der Waals surface area (Å²) in [6.45, 7) is 1.63. The van der Waals surface area contributed by atoms with Crippen molar-refractivity contribution in [2.75, 3.05) is 0 Å². The van der Waals surface area contributed by atoms with Gasteiger partial charge in [-0.1, -0.05) is 30.1 Å². The van der Waals surface area contributed by atoms with Gasteiger partial charge in [0.15, 0.2) is 15.1 Å². The Balaban J connectivity index is 3.39. The van der Waals surface area contributed by atoms with E-state index in [0.29, 0.717) is 0 Å². The topological polar surface area (TPSA) is 57.9 Å². The van der Waals surface area contributed by atoms with Crippen LogP contribution in [0.4, 0.5) is 0 Å². The van der Waals surface area contributed by atoms with Gasteiger partial charge in [0.25, 0.3) is 0 Å². The maximum Gasteiger partial charge on any atom is 0.196 e. The summed E-state index contributed by atoms with van der Waals surface area (Å²) in [5, 5.41) is 8.04. The van der Waals surface area contributed by atoms with E-state index >= 15 is 0 Å². The summed E-state index contributed by atoms with van der Waals surface area (Å²) in [4.78, 5) is -0.0879. The molecule has 0 saturated carbocycles. The van der Waals surface area contributed by atoms with Crippen LogP contribution in [-0.4, -0.2) is 13.7 Å². The average molecular weight is 278 g/mol. The van der Waals surface area contributed by atoms with E-state index in [9.17, 15) is 8.42 Å². The second kappa shape index (κ2) is 5.05. The number of benzene rings is 1. The number of sulfone groups is 1. The van der Waals surface area contributed by atoms with E-state index in [1.165, 1.54) is 18.2 Å². The summed E-state index contributed by atoms with van der Waals surface area (Å²) in [5.41, 5.74) is 0. The van der Waals surface area contributed by atoms with Crippen LogP contribution in [-0.2, 0) is 9.84 Å². The summed E-state index contributed by atoms with van der Waals surface area (Å²) in [7, 11) is -3.73. The van der Waals surface area contributed by atoms with Gasteiger partial charge in [0, 0.05) is 5.02 Å². The minimum absolute atomic E-state index is 0.0816. The third-order valence-corrected chi connectivity index (χ3v) is 4.90. The first-order valence-corrected chi connectivity index (χ1v) is 6.82. The standard InChI is InChI=1S/C10H9Cl2NO2S/c1-2-8(6-13)16(14,15)10-5-7(11)3-4-9(10)12/h3-5,8H,2H2,1H3. The fraction of sp³-hybridized carbons (Fsp3) is 0.300. The first-order chi connectivity index (χ1) is 7.43. The van der Waals surface area contributed by atoms with Crippen LogP contribution in [0.15, 0.2) is 23.1 Å². The molecule has 6 heteroatoms. The normalized spacial score (nSPS) is 13.1. The second-order valence-electron chi connectivity index (χ2n) is 3.15. The molecule has 3 nitrogen and oxygen atoms in total. The fourth-order valence-electron chi connectivity index (χ4n) is 1.23. The van der Waals surface area contributed by atoms with Crippen molar-refractivity contribution in [2.24, 2.45) is 0 Å². The highest BCUT2D eigenvalue weighted by Gasteiger charge is 2.28. The first-order valence-electron chi connectivity index (χ1n) is 4.52. The first kappa shape index (κ1) is 13.3. The van der Waals surface area contributed by atoms with Crippen LogP contribution in [0, 0.1) is 11.3 Å². The molecule has 0 bridgehead atoms. The number of hydrogen-bond acceptors (Lipinski definition) is 3. The fourth-order valence-corrected chi connectivity index (χ4v) is 3.42. The maximum absolute atomic E-state index is 12.0. The third-order valence-electron chi connectivity index (χ3n) is 2.09. The van der Waals surface area contributed by atoms with E-state index in [1.807, 2.05) is 0 Å². The van der Waals surface area contributed by atoms with E-state index < -0.39 is 15.1 Å². The smallest absolute Gasteiger partial charge is 0.196 e. The minimum Gasteiger partial charge on any atom is -0.222 e. The summed E-state index contributed by atoms with van der Waals surface area (Å²) >= 11 is 11.5. The van der Waals surface area contributed by atoms with Gasteiger partial charge in [0.1, 0.15) is 0 Å². The molecule has 1 aromatic carbocycles. The number of halogens is 2. The Morgan fingerprint density at radius 1 is 1.44 bits per heavy atom. The molecule has 1 aromatic rings. The molecule has 1 rings (SSSR count). The molecule has 0 aliphatic carbocycles. The molecule has 0 spiro atoms. The van der Waals surface area contributed by atoms with E-state index in [0.717, 1.165) is 0 Å². The Labute approximate surface area is 105 Å². The molecule has 1 atom stereocenters. The number of hydrogen-bond donors (Lipinski definition) is 0. The van der Waals surface area contributed by atoms with Crippen molar-refractivity contribution in [3.8, 4) is 6.07 Å². The van der Waals surface area contributed by atoms with Gasteiger partial charge >= 0.3 is 0 Å². The summed E-state index contributed by atoms with van der Waals surface area (Å²) in [6.07, 6.45) is 0.210. The highest BCUT2D eigenvalue weighted by atomic mass is 35.5. The van der Waals surface area contributed by atoms with Gasteiger partial charge in [-0.2, -0.15) is 5.26 Å². The molecule has 0 amide bonds. The molecule has 0 aromatic heterocycles. The van der Waals surface area contributed by atoms with Gasteiger partial charge in [-0.15, -0.1) is 0 Å². The summed E-state index contributed by atoms with van der Waals surface area (Å²) < 4.78 is 24.0. The lowest BCUT2D eigenvalue weighted by Gasteiger charge is -2.10. The second-order valence-corrected chi connectivity index (χ2v) is 6.09. The van der Waals surface area contributed by atoms with Gasteiger partial charge in [-0.3, -0.25) is 0 Å². The van der Waals surface area contributed by atoms with E-state index in [-0.39, 0.29) is 21.4 Å². The molecule has 0 heterocycles. The molecule has 1 unspecified atom stereocenters. The lowest BCUT2D eigenvalue weighted by molar-refractivity contribution is 0.587. The van der Waals surface area contributed by atoms with Gasteiger partial charge in [0.2, 0.25) is 0 Å². The molecule has 0 N–H and O–H groups in total. The lowest BCUT2D eigenvalue weighted by Crippen LogP contribution is -2.19. The van der Waals surface area contributed by atoms with Crippen molar-refractivity contribution in [1.82, 2.24) is 0 Å². The Morgan fingerprint density at radius 3 is 2.56 bits per heavy atom. The van der Waals surface area contributed by atoms with E-state index in [4.69, 9.17) is 28.5 Å². The van der Waals surface area contributed by atoms with Crippen LogP contribution < -0.4 is 0 Å². The van der Waals surface area contributed by atoms with Crippen LogP contribution in [0.5, 0.6) is 0 Å². The van der Waals surface area contributed by atoms with Crippen LogP contribution in [0.2, 0.25) is 10.0 Å². The number of nitriles is 1. The quantitative estimate of drug-likeness (QED) is 0.853. The summed E-state index contributed by atoms with van der Waals surface area (Å²) in [6, 6.07) is 5.91. The van der Waals surface area contributed by atoms with Gasteiger partial charge in [-0.05, 0) is 24.6 Å². The zero-order valence-electron chi connectivity index (χ0n) is 8.44. The highest BCUT2D eigenvalue weighted by Crippen LogP contribution is 2.28. The zero-order chi connectivity index (χ0) is 12.3. The van der Waals surface area contributed by atoms with Crippen molar-refractivity contribution in [2.45, 2.75) is 23.5 Å². The van der Waals surface area contributed by atoms with Crippen molar-refractivity contribution in [3.05, 3.63) is 28.2 Å². The Hall–Kier alpha value is -0.760. The van der Waals surface area contributed by atoms with Gasteiger partial charge in [0.05, 0.1) is 16.0 Å². The van der Waals surface area contributed by atoms with E-state index in [2.05, 4.69) is 0 Å².